The highest BCUT2D eigenvalue weighted by Gasteiger charge is 2.35. The second-order valence-electron chi connectivity index (χ2n) is 4.67. The quantitative estimate of drug-likeness (QED) is 0.920. The van der Waals surface area contributed by atoms with Gasteiger partial charge in [-0.05, 0) is 17.7 Å². The molecule has 6 heteroatoms. The van der Waals surface area contributed by atoms with E-state index in [4.69, 9.17) is 11.6 Å². The van der Waals surface area contributed by atoms with E-state index in [0.29, 0.717) is 23.7 Å². The van der Waals surface area contributed by atoms with Crippen LogP contribution < -0.4 is 5.32 Å². The van der Waals surface area contributed by atoms with Crippen molar-refractivity contribution in [3.8, 4) is 0 Å². The lowest BCUT2D eigenvalue weighted by atomic mass is 10.0. The van der Waals surface area contributed by atoms with E-state index in [1.807, 2.05) is 4.90 Å². The Kier molecular flexibility index (Phi) is 4.71. The van der Waals surface area contributed by atoms with Gasteiger partial charge in [-0.25, -0.2) is 0 Å². The molecule has 0 aliphatic carbocycles. The summed E-state index contributed by atoms with van der Waals surface area (Å²) >= 11 is 5.79. The molecule has 0 saturated carbocycles. The van der Waals surface area contributed by atoms with E-state index >= 15 is 0 Å². The maximum absolute atomic E-state index is 12.8. The first-order chi connectivity index (χ1) is 8.96. The molecule has 2 rings (SSSR count). The predicted octanol–water partition coefficient (Wildman–Crippen LogP) is 3.24. The van der Waals surface area contributed by atoms with Crippen molar-refractivity contribution >= 4 is 11.6 Å². The molecule has 1 aliphatic rings. The summed E-state index contributed by atoms with van der Waals surface area (Å²) in [6.45, 7) is 2.70. The molecule has 2 nitrogen and oxygen atoms in total. The van der Waals surface area contributed by atoms with Crippen molar-refractivity contribution in [3.63, 3.8) is 0 Å². The van der Waals surface area contributed by atoms with Gasteiger partial charge in [-0.3, -0.25) is 4.90 Å². The van der Waals surface area contributed by atoms with Crippen molar-refractivity contribution in [2.45, 2.75) is 18.6 Å². The molecule has 0 unspecified atom stereocenters. The average molecular weight is 293 g/mol. The van der Waals surface area contributed by atoms with Gasteiger partial charge in [0.1, 0.15) is 0 Å². The molecule has 1 aromatic carbocycles. The molecule has 106 valence electrons. The van der Waals surface area contributed by atoms with Crippen LogP contribution in [0.15, 0.2) is 24.3 Å². The number of hydrogen-bond donors (Lipinski definition) is 1. The number of piperazine rings is 1. The van der Waals surface area contributed by atoms with Crippen LogP contribution in [0.1, 0.15) is 18.0 Å². The van der Waals surface area contributed by atoms with Crippen molar-refractivity contribution in [2.24, 2.45) is 0 Å². The number of alkyl halides is 3. The summed E-state index contributed by atoms with van der Waals surface area (Å²) < 4.78 is 38.3. The standard InChI is InChI=1S/C13H16ClF3N2/c14-11-3-1-10(2-4-11)12(9-13(15,16)17)19-7-5-18-6-8-19/h1-4,12,18H,5-9H2/t12-/m1/s1. The van der Waals surface area contributed by atoms with Gasteiger partial charge in [-0.1, -0.05) is 23.7 Å². The highest BCUT2D eigenvalue weighted by molar-refractivity contribution is 6.30. The van der Waals surface area contributed by atoms with E-state index in [1.165, 1.54) is 0 Å². The van der Waals surface area contributed by atoms with Gasteiger partial charge in [0.2, 0.25) is 0 Å². The normalized spacial score (nSPS) is 19.4. The molecule has 1 N–H and O–H groups in total. The fourth-order valence-electron chi connectivity index (χ4n) is 2.36. The lowest BCUT2D eigenvalue weighted by Crippen LogP contribution is -2.46. The van der Waals surface area contributed by atoms with Crippen molar-refractivity contribution in [1.29, 1.82) is 0 Å². The summed E-state index contributed by atoms with van der Waals surface area (Å²) in [4.78, 5) is 1.88. The minimum atomic E-state index is -4.17. The molecule has 1 heterocycles. The molecular formula is C13H16ClF3N2. The van der Waals surface area contributed by atoms with Gasteiger partial charge in [0, 0.05) is 37.2 Å². The Labute approximate surface area is 115 Å². The summed E-state index contributed by atoms with van der Waals surface area (Å²) in [5.41, 5.74) is 0.670. The molecule has 0 radical (unpaired) electrons. The molecule has 0 aromatic heterocycles. The Balaban J connectivity index is 2.19. The first-order valence-electron chi connectivity index (χ1n) is 6.23. The zero-order valence-electron chi connectivity index (χ0n) is 10.4. The molecule has 19 heavy (non-hydrogen) atoms. The van der Waals surface area contributed by atoms with Gasteiger partial charge in [-0.2, -0.15) is 13.2 Å². The van der Waals surface area contributed by atoms with E-state index < -0.39 is 18.6 Å². The van der Waals surface area contributed by atoms with Crippen LogP contribution in [-0.2, 0) is 0 Å². The number of nitrogens with zero attached hydrogens (tertiary/aromatic N) is 1. The van der Waals surface area contributed by atoms with Crippen LogP contribution in [0.3, 0.4) is 0 Å². The second kappa shape index (κ2) is 6.11. The predicted molar refractivity (Wildman–Crippen MR) is 69.3 cm³/mol. The Morgan fingerprint density at radius 1 is 1.16 bits per heavy atom. The molecule has 1 saturated heterocycles. The van der Waals surface area contributed by atoms with Crippen LogP contribution in [0.2, 0.25) is 5.02 Å². The third-order valence-electron chi connectivity index (χ3n) is 3.27. The van der Waals surface area contributed by atoms with E-state index in [-0.39, 0.29) is 0 Å². The molecule has 0 bridgehead atoms. The average Bonchev–Trinajstić information content (AvgIpc) is 2.37. The number of nitrogens with one attached hydrogen (secondary N) is 1. The van der Waals surface area contributed by atoms with Crippen LogP contribution >= 0.6 is 11.6 Å². The van der Waals surface area contributed by atoms with Gasteiger partial charge in [0.25, 0.3) is 0 Å². The zero-order chi connectivity index (χ0) is 13.9. The Morgan fingerprint density at radius 2 is 1.74 bits per heavy atom. The van der Waals surface area contributed by atoms with E-state index in [2.05, 4.69) is 5.32 Å². The Morgan fingerprint density at radius 3 is 2.26 bits per heavy atom. The smallest absolute Gasteiger partial charge is 0.314 e. The molecule has 1 atom stereocenters. The minimum Gasteiger partial charge on any atom is -0.314 e. The van der Waals surface area contributed by atoms with Crippen molar-refractivity contribution in [1.82, 2.24) is 10.2 Å². The van der Waals surface area contributed by atoms with E-state index in [1.54, 1.807) is 24.3 Å². The molecule has 1 fully saturated rings. The molecule has 0 spiro atoms. The first-order valence-corrected chi connectivity index (χ1v) is 6.60. The lowest BCUT2D eigenvalue weighted by Gasteiger charge is -2.35. The van der Waals surface area contributed by atoms with Crippen molar-refractivity contribution in [2.75, 3.05) is 26.2 Å². The monoisotopic (exact) mass is 292 g/mol. The number of benzene rings is 1. The molecular weight excluding hydrogens is 277 g/mol. The van der Waals surface area contributed by atoms with Crippen LogP contribution in [0.5, 0.6) is 0 Å². The third kappa shape index (κ3) is 4.37. The van der Waals surface area contributed by atoms with Crippen molar-refractivity contribution in [3.05, 3.63) is 34.9 Å². The van der Waals surface area contributed by atoms with Crippen LogP contribution in [0.25, 0.3) is 0 Å². The van der Waals surface area contributed by atoms with Crippen LogP contribution in [-0.4, -0.2) is 37.3 Å². The fourth-order valence-corrected chi connectivity index (χ4v) is 2.48. The topological polar surface area (TPSA) is 15.3 Å². The maximum atomic E-state index is 12.8. The second-order valence-corrected chi connectivity index (χ2v) is 5.11. The summed E-state index contributed by atoms with van der Waals surface area (Å²) in [5, 5.41) is 3.69. The van der Waals surface area contributed by atoms with Gasteiger partial charge in [-0.15, -0.1) is 0 Å². The zero-order valence-corrected chi connectivity index (χ0v) is 11.1. The number of halogens is 4. The fraction of sp³-hybridized carbons (Fsp3) is 0.538. The summed E-state index contributed by atoms with van der Waals surface area (Å²) in [7, 11) is 0. The van der Waals surface area contributed by atoms with Gasteiger partial charge < -0.3 is 5.32 Å². The maximum Gasteiger partial charge on any atom is 0.390 e. The van der Waals surface area contributed by atoms with Gasteiger partial charge in [0.05, 0.1) is 6.42 Å². The summed E-state index contributed by atoms with van der Waals surface area (Å²) in [6.07, 6.45) is -5.00. The lowest BCUT2D eigenvalue weighted by molar-refractivity contribution is -0.148. The molecule has 0 amide bonds. The largest absolute Gasteiger partial charge is 0.390 e. The highest BCUT2D eigenvalue weighted by Crippen LogP contribution is 2.34. The Hall–Kier alpha value is -0.780. The highest BCUT2D eigenvalue weighted by atomic mass is 35.5. The molecule has 1 aliphatic heterocycles. The molecule has 1 aromatic rings. The summed E-state index contributed by atoms with van der Waals surface area (Å²) in [5.74, 6) is 0. The minimum absolute atomic E-state index is 0.537. The number of rotatable bonds is 3. The van der Waals surface area contributed by atoms with Crippen molar-refractivity contribution < 1.29 is 13.2 Å². The summed E-state index contributed by atoms with van der Waals surface area (Å²) in [6, 6.07) is 6.02. The number of hydrogen-bond acceptors (Lipinski definition) is 2. The van der Waals surface area contributed by atoms with E-state index in [9.17, 15) is 13.2 Å². The van der Waals surface area contributed by atoms with Crippen LogP contribution in [0, 0.1) is 0 Å². The van der Waals surface area contributed by atoms with Gasteiger partial charge >= 0.3 is 6.18 Å². The Bertz CT molecular complexity index is 399. The third-order valence-corrected chi connectivity index (χ3v) is 3.52. The van der Waals surface area contributed by atoms with E-state index in [0.717, 1.165) is 13.1 Å². The van der Waals surface area contributed by atoms with Gasteiger partial charge in [0.15, 0.2) is 0 Å². The van der Waals surface area contributed by atoms with Crippen LogP contribution in [0.4, 0.5) is 13.2 Å². The first kappa shape index (κ1) is 14.6. The SMILES string of the molecule is FC(F)(F)C[C@H](c1ccc(Cl)cc1)N1CCNCC1.